The summed E-state index contributed by atoms with van der Waals surface area (Å²) in [4.78, 5) is 20.4. The number of nitriles is 1. The van der Waals surface area contributed by atoms with Crippen molar-refractivity contribution in [3.05, 3.63) is 33.4 Å². The summed E-state index contributed by atoms with van der Waals surface area (Å²) in [5.74, 6) is -0.131. The van der Waals surface area contributed by atoms with Crippen LogP contribution in [0.3, 0.4) is 0 Å². The number of carbonyl (C=O) groups excluding carboxylic acids is 1. The van der Waals surface area contributed by atoms with Crippen LogP contribution >= 0.6 is 0 Å². The first-order valence-electron chi connectivity index (χ1n) is 3.85. The summed E-state index contributed by atoms with van der Waals surface area (Å²) in [5.41, 5.74) is -0.355. The molecule has 0 heterocycles. The molecular weight excluding hydrogens is 200 g/mol. The van der Waals surface area contributed by atoms with Crippen molar-refractivity contribution in [2.75, 3.05) is 7.11 Å². The SMILES string of the molecule is COc1c(C#N)cc(C=O)cc1[N+](=O)[O-]. The molecule has 0 unspecified atom stereocenters. The Morgan fingerprint density at radius 3 is 2.67 bits per heavy atom. The molecule has 6 nitrogen and oxygen atoms in total. The van der Waals surface area contributed by atoms with E-state index in [-0.39, 0.29) is 16.9 Å². The molecular formula is C9H6N2O4. The second kappa shape index (κ2) is 4.19. The average Bonchev–Trinajstić information content (AvgIpc) is 2.26. The second-order valence-electron chi connectivity index (χ2n) is 2.61. The normalized spacial score (nSPS) is 9.07. The Hall–Kier alpha value is -2.42. The molecule has 1 aromatic rings. The number of rotatable bonds is 3. The fourth-order valence-electron chi connectivity index (χ4n) is 1.14. The first-order valence-corrected chi connectivity index (χ1v) is 3.85. The van der Waals surface area contributed by atoms with Crippen LogP contribution in [-0.4, -0.2) is 18.3 Å². The van der Waals surface area contributed by atoms with Gasteiger partial charge in [-0.3, -0.25) is 14.9 Å². The van der Waals surface area contributed by atoms with Crippen LogP contribution in [0.1, 0.15) is 15.9 Å². The number of benzene rings is 1. The van der Waals surface area contributed by atoms with E-state index >= 15 is 0 Å². The average molecular weight is 206 g/mol. The van der Waals surface area contributed by atoms with E-state index in [1.807, 2.05) is 0 Å². The van der Waals surface area contributed by atoms with E-state index in [0.29, 0.717) is 6.29 Å². The van der Waals surface area contributed by atoms with Crippen molar-refractivity contribution in [3.8, 4) is 11.8 Å². The van der Waals surface area contributed by atoms with Crippen molar-refractivity contribution in [2.24, 2.45) is 0 Å². The number of carbonyl (C=O) groups is 1. The van der Waals surface area contributed by atoms with E-state index < -0.39 is 10.6 Å². The van der Waals surface area contributed by atoms with Crippen molar-refractivity contribution >= 4 is 12.0 Å². The van der Waals surface area contributed by atoms with Crippen LogP contribution in [-0.2, 0) is 0 Å². The van der Waals surface area contributed by atoms with Gasteiger partial charge in [0, 0.05) is 11.6 Å². The van der Waals surface area contributed by atoms with Gasteiger partial charge in [-0.25, -0.2) is 0 Å². The highest BCUT2D eigenvalue weighted by Gasteiger charge is 2.20. The molecule has 0 saturated carbocycles. The molecule has 76 valence electrons. The van der Waals surface area contributed by atoms with Gasteiger partial charge in [0.25, 0.3) is 0 Å². The van der Waals surface area contributed by atoms with Crippen molar-refractivity contribution in [3.63, 3.8) is 0 Å². The number of nitro benzene ring substituents is 1. The quantitative estimate of drug-likeness (QED) is 0.422. The van der Waals surface area contributed by atoms with Gasteiger partial charge >= 0.3 is 5.69 Å². The van der Waals surface area contributed by atoms with Crippen molar-refractivity contribution in [2.45, 2.75) is 0 Å². The van der Waals surface area contributed by atoms with E-state index in [2.05, 4.69) is 0 Å². The van der Waals surface area contributed by atoms with Crippen LogP contribution in [0.5, 0.6) is 5.75 Å². The number of nitrogens with zero attached hydrogens (tertiary/aromatic N) is 2. The summed E-state index contributed by atoms with van der Waals surface area (Å²) >= 11 is 0. The number of ether oxygens (including phenoxy) is 1. The lowest BCUT2D eigenvalue weighted by Crippen LogP contribution is -1.98. The van der Waals surface area contributed by atoms with Gasteiger partial charge in [-0.15, -0.1) is 0 Å². The molecule has 0 saturated heterocycles. The molecule has 0 radical (unpaired) electrons. The largest absolute Gasteiger partial charge is 0.489 e. The van der Waals surface area contributed by atoms with Gasteiger partial charge in [0.05, 0.1) is 12.0 Å². The highest BCUT2D eigenvalue weighted by Crippen LogP contribution is 2.31. The van der Waals surface area contributed by atoms with E-state index in [1.54, 1.807) is 6.07 Å². The molecule has 0 amide bonds. The minimum atomic E-state index is -0.702. The topological polar surface area (TPSA) is 93.2 Å². The molecule has 0 aromatic heterocycles. The van der Waals surface area contributed by atoms with Crippen molar-refractivity contribution in [1.82, 2.24) is 0 Å². The van der Waals surface area contributed by atoms with Crippen LogP contribution in [0.4, 0.5) is 5.69 Å². The lowest BCUT2D eigenvalue weighted by molar-refractivity contribution is -0.385. The zero-order valence-electron chi connectivity index (χ0n) is 7.76. The van der Waals surface area contributed by atoms with Crippen molar-refractivity contribution in [1.29, 1.82) is 5.26 Å². The number of methoxy groups -OCH3 is 1. The third kappa shape index (κ3) is 1.91. The fourth-order valence-corrected chi connectivity index (χ4v) is 1.14. The zero-order valence-corrected chi connectivity index (χ0v) is 7.76. The van der Waals surface area contributed by atoms with Crippen LogP contribution in [0, 0.1) is 21.4 Å². The maximum atomic E-state index is 10.6. The lowest BCUT2D eigenvalue weighted by atomic mass is 10.1. The number of hydrogen-bond donors (Lipinski definition) is 0. The molecule has 1 rings (SSSR count). The maximum absolute atomic E-state index is 10.6. The third-order valence-electron chi connectivity index (χ3n) is 1.75. The Bertz CT molecular complexity index is 462. The second-order valence-corrected chi connectivity index (χ2v) is 2.61. The monoisotopic (exact) mass is 206 g/mol. The van der Waals surface area contributed by atoms with Crippen LogP contribution in [0.25, 0.3) is 0 Å². The first-order chi connectivity index (χ1) is 7.13. The van der Waals surface area contributed by atoms with Gasteiger partial charge < -0.3 is 4.74 Å². The Morgan fingerprint density at radius 1 is 1.60 bits per heavy atom. The number of nitro groups is 1. The minimum Gasteiger partial charge on any atom is -0.489 e. The molecule has 6 heteroatoms. The molecule has 0 bridgehead atoms. The minimum absolute atomic E-state index is 0.0335. The molecule has 15 heavy (non-hydrogen) atoms. The van der Waals surface area contributed by atoms with E-state index in [9.17, 15) is 14.9 Å². The van der Waals surface area contributed by atoms with Gasteiger partial charge in [-0.1, -0.05) is 0 Å². The highest BCUT2D eigenvalue weighted by molar-refractivity contribution is 5.79. The predicted octanol–water partition coefficient (Wildman–Crippen LogP) is 1.29. The molecule has 0 aliphatic carbocycles. The summed E-state index contributed by atoms with van der Waals surface area (Å²) in [6, 6.07) is 4.03. The third-order valence-corrected chi connectivity index (χ3v) is 1.75. The summed E-state index contributed by atoms with van der Waals surface area (Å²) in [6.07, 6.45) is 0.438. The molecule has 0 fully saturated rings. The van der Waals surface area contributed by atoms with E-state index in [0.717, 1.165) is 6.07 Å². The summed E-state index contributed by atoms with van der Waals surface area (Å²) in [6.45, 7) is 0. The Balaban J connectivity index is 3.54. The maximum Gasteiger partial charge on any atom is 0.313 e. The van der Waals surface area contributed by atoms with Gasteiger partial charge in [-0.2, -0.15) is 5.26 Å². The first kappa shape index (κ1) is 10.7. The molecule has 0 N–H and O–H groups in total. The van der Waals surface area contributed by atoms with E-state index in [1.165, 1.54) is 13.2 Å². The van der Waals surface area contributed by atoms with Gasteiger partial charge in [0.2, 0.25) is 5.75 Å². The summed E-state index contributed by atoms with van der Waals surface area (Å²) in [7, 11) is 1.23. The smallest absolute Gasteiger partial charge is 0.313 e. The molecule has 0 aliphatic rings. The van der Waals surface area contributed by atoms with Crippen molar-refractivity contribution < 1.29 is 14.5 Å². The van der Waals surface area contributed by atoms with Gasteiger partial charge in [-0.05, 0) is 6.07 Å². The molecule has 0 spiro atoms. The van der Waals surface area contributed by atoms with E-state index in [4.69, 9.17) is 10.00 Å². The van der Waals surface area contributed by atoms with Crippen LogP contribution < -0.4 is 4.74 Å². The molecule has 1 aromatic carbocycles. The highest BCUT2D eigenvalue weighted by atomic mass is 16.6. The Labute approximate surface area is 84.8 Å². The number of hydrogen-bond acceptors (Lipinski definition) is 5. The Kier molecular flexibility index (Phi) is 2.98. The summed E-state index contributed by atoms with van der Waals surface area (Å²) < 4.78 is 4.75. The standard InChI is InChI=1S/C9H6N2O4/c1-15-9-7(4-10)2-6(5-12)3-8(9)11(13)14/h2-3,5H,1H3. The van der Waals surface area contributed by atoms with Gasteiger partial charge in [0.1, 0.15) is 17.9 Å². The summed E-state index contributed by atoms with van der Waals surface area (Å²) in [5, 5.41) is 19.3. The zero-order chi connectivity index (χ0) is 11.4. The van der Waals surface area contributed by atoms with Gasteiger partial charge in [0.15, 0.2) is 0 Å². The predicted molar refractivity (Wildman–Crippen MR) is 49.8 cm³/mol. The number of aldehydes is 1. The lowest BCUT2D eigenvalue weighted by Gasteiger charge is -2.03. The van der Waals surface area contributed by atoms with Crippen LogP contribution in [0.15, 0.2) is 12.1 Å². The Morgan fingerprint density at radius 2 is 2.27 bits per heavy atom. The fraction of sp³-hybridized carbons (Fsp3) is 0.111. The van der Waals surface area contributed by atoms with Crippen LogP contribution in [0.2, 0.25) is 0 Å². The molecule has 0 atom stereocenters. The molecule has 0 aliphatic heterocycles.